The Balaban J connectivity index is 1.66. The molecule has 3 rings (SSSR count). The predicted molar refractivity (Wildman–Crippen MR) is 90.2 cm³/mol. The van der Waals surface area contributed by atoms with Crippen LogP contribution in [0, 0.1) is 12.3 Å². The summed E-state index contributed by atoms with van der Waals surface area (Å²) in [7, 11) is 0. The first-order valence-electron chi connectivity index (χ1n) is 8.72. The van der Waals surface area contributed by atoms with Gasteiger partial charge in [-0.1, -0.05) is 0 Å². The fraction of sp³-hybridized carbons (Fsp3) is 0.611. The van der Waals surface area contributed by atoms with Crippen molar-refractivity contribution >= 4 is 11.8 Å². The molecule has 3 heterocycles. The van der Waals surface area contributed by atoms with Gasteiger partial charge in [-0.25, -0.2) is 0 Å². The average Bonchev–Trinajstić information content (AvgIpc) is 2.58. The number of nitrogens with zero attached hydrogens (tertiary/aromatic N) is 2. The van der Waals surface area contributed by atoms with Gasteiger partial charge in [0.15, 0.2) is 11.2 Å². The van der Waals surface area contributed by atoms with Crippen molar-refractivity contribution in [3.05, 3.63) is 33.9 Å². The van der Waals surface area contributed by atoms with Crippen molar-refractivity contribution in [3.63, 3.8) is 0 Å². The van der Waals surface area contributed by atoms with E-state index in [1.165, 1.54) is 12.1 Å². The number of rotatable bonds is 3. The number of hydrogen-bond donors (Lipinski definition) is 1. The number of aryl methyl sites for hydroxylation is 1. The summed E-state index contributed by atoms with van der Waals surface area (Å²) in [5.41, 5.74) is -0.209. The van der Waals surface area contributed by atoms with Gasteiger partial charge in [0, 0.05) is 44.7 Å². The highest BCUT2D eigenvalue weighted by Gasteiger charge is 2.41. The standard InChI is InChI=1S/C18H24N2O5/c1-13-10-14(22)11-15(25-13)17(24)19-6-4-18(5-7-19)3-2-16(23)20(12-18)8-9-21/h10-11,21H,2-9,12H2,1H3. The zero-order valence-electron chi connectivity index (χ0n) is 14.5. The van der Waals surface area contributed by atoms with Crippen LogP contribution >= 0.6 is 0 Å². The first-order chi connectivity index (χ1) is 11.9. The summed E-state index contributed by atoms with van der Waals surface area (Å²) in [5, 5.41) is 9.13. The van der Waals surface area contributed by atoms with E-state index in [1.807, 2.05) is 0 Å². The van der Waals surface area contributed by atoms with Crippen molar-refractivity contribution in [1.29, 1.82) is 0 Å². The average molecular weight is 348 g/mol. The number of carbonyl (C=O) groups is 2. The van der Waals surface area contributed by atoms with Crippen LogP contribution in [0.25, 0.3) is 0 Å². The third-order valence-electron chi connectivity index (χ3n) is 5.33. The van der Waals surface area contributed by atoms with E-state index in [1.54, 1.807) is 16.7 Å². The molecule has 0 aromatic carbocycles. The van der Waals surface area contributed by atoms with E-state index in [2.05, 4.69) is 0 Å². The molecule has 1 aromatic heterocycles. The molecule has 2 saturated heterocycles. The van der Waals surface area contributed by atoms with Crippen molar-refractivity contribution in [2.45, 2.75) is 32.6 Å². The fourth-order valence-corrected chi connectivity index (χ4v) is 3.88. The summed E-state index contributed by atoms with van der Waals surface area (Å²) in [6.07, 6.45) is 2.95. The van der Waals surface area contributed by atoms with E-state index in [0.29, 0.717) is 38.4 Å². The largest absolute Gasteiger partial charge is 0.456 e. The van der Waals surface area contributed by atoms with E-state index in [-0.39, 0.29) is 35.0 Å². The zero-order chi connectivity index (χ0) is 18.0. The molecule has 7 nitrogen and oxygen atoms in total. The van der Waals surface area contributed by atoms with Crippen LogP contribution in [-0.2, 0) is 4.79 Å². The van der Waals surface area contributed by atoms with Gasteiger partial charge in [0.2, 0.25) is 5.91 Å². The normalized spacial score (nSPS) is 20.2. The molecule has 2 aliphatic heterocycles. The molecule has 2 fully saturated rings. The van der Waals surface area contributed by atoms with Crippen LogP contribution in [0.3, 0.4) is 0 Å². The highest BCUT2D eigenvalue weighted by molar-refractivity contribution is 5.91. The van der Waals surface area contributed by atoms with Gasteiger partial charge in [0.05, 0.1) is 6.61 Å². The molecule has 7 heteroatoms. The minimum atomic E-state index is -0.255. The summed E-state index contributed by atoms with van der Waals surface area (Å²) in [6, 6.07) is 2.60. The van der Waals surface area contributed by atoms with E-state index < -0.39 is 0 Å². The molecular weight excluding hydrogens is 324 g/mol. The SMILES string of the molecule is Cc1cc(=O)cc(C(=O)N2CCC3(CCC(=O)N(CCO)C3)CC2)o1. The number of likely N-dealkylation sites (tertiary alicyclic amines) is 2. The summed E-state index contributed by atoms with van der Waals surface area (Å²) in [4.78, 5) is 39.6. The van der Waals surface area contributed by atoms with E-state index in [4.69, 9.17) is 9.52 Å². The van der Waals surface area contributed by atoms with E-state index in [9.17, 15) is 14.4 Å². The van der Waals surface area contributed by atoms with Crippen LogP contribution in [0.2, 0.25) is 0 Å². The lowest BCUT2D eigenvalue weighted by Crippen LogP contribution is -2.52. The Kier molecular flexibility index (Phi) is 4.94. The van der Waals surface area contributed by atoms with Crippen LogP contribution in [0.4, 0.5) is 0 Å². The second-order valence-corrected chi connectivity index (χ2v) is 7.10. The first-order valence-corrected chi connectivity index (χ1v) is 8.72. The Morgan fingerprint density at radius 3 is 2.60 bits per heavy atom. The second-order valence-electron chi connectivity index (χ2n) is 7.10. The number of carbonyl (C=O) groups excluding carboxylic acids is 2. The van der Waals surface area contributed by atoms with Crippen molar-refractivity contribution in [3.8, 4) is 0 Å². The monoisotopic (exact) mass is 348 g/mol. The molecule has 0 aliphatic carbocycles. The van der Waals surface area contributed by atoms with Crippen LogP contribution in [-0.4, -0.2) is 59.5 Å². The van der Waals surface area contributed by atoms with Gasteiger partial charge in [-0.15, -0.1) is 0 Å². The Labute approximate surface area is 146 Å². The van der Waals surface area contributed by atoms with Gasteiger partial charge in [0.1, 0.15) is 5.76 Å². The van der Waals surface area contributed by atoms with E-state index in [0.717, 1.165) is 19.3 Å². The van der Waals surface area contributed by atoms with Crippen LogP contribution in [0.5, 0.6) is 0 Å². The Morgan fingerprint density at radius 1 is 1.24 bits per heavy atom. The molecule has 25 heavy (non-hydrogen) atoms. The molecule has 0 atom stereocenters. The van der Waals surface area contributed by atoms with Gasteiger partial charge < -0.3 is 19.3 Å². The Morgan fingerprint density at radius 2 is 1.96 bits per heavy atom. The molecule has 1 spiro atoms. The number of aliphatic hydroxyl groups excluding tert-OH is 1. The van der Waals surface area contributed by atoms with Crippen LogP contribution < -0.4 is 5.43 Å². The maximum atomic E-state index is 12.6. The minimum Gasteiger partial charge on any atom is -0.456 e. The van der Waals surface area contributed by atoms with Gasteiger partial charge in [-0.3, -0.25) is 14.4 Å². The third kappa shape index (κ3) is 3.76. The lowest BCUT2D eigenvalue weighted by Gasteiger charge is -2.47. The predicted octanol–water partition coefficient (Wildman–Crippen LogP) is 0.785. The lowest BCUT2D eigenvalue weighted by molar-refractivity contribution is -0.139. The molecule has 0 bridgehead atoms. The summed E-state index contributed by atoms with van der Waals surface area (Å²) >= 11 is 0. The van der Waals surface area contributed by atoms with Crippen LogP contribution in [0.15, 0.2) is 21.3 Å². The maximum absolute atomic E-state index is 12.6. The second kappa shape index (κ2) is 7.00. The Bertz CT molecular complexity index is 718. The van der Waals surface area contributed by atoms with Gasteiger partial charge >= 0.3 is 0 Å². The number of aliphatic hydroxyl groups is 1. The van der Waals surface area contributed by atoms with Gasteiger partial charge in [-0.05, 0) is 31.6 Å². The molecule has 0 radical (unpaired) electrons. The third-order valence-corrected chi connectivity index (χ3v) is 5.33. The molecule has 2 amide bonds. The van der Waals surface area contributed by atoms with E-state index >= 15 is 0 Å². The van der Waals surface area contributed by atoms with Gasteiger partial charge in [-0.2, -0.15) is 0 Å². The highest BCUT2D eigenvalue weighted by atomic mass is 16.3. The van der Waals surface area contributed by atoms with Crippen molar-refractivity contribution < 1.29 is 19.1 Å². The summed E-state index contributed by atoms with van der Waals surface area (Å²) < 4.78 is 5.40. The molecular formula is C18H24N2O5. The molecule has 1 aromatic rings. The smallest absolute Gasteiger partial charge is 0.289 e. The quantitative estimate of drug-likeness (QED) is 0.872. The maximum Gasteiger partial charge on any atom is 0.289 e. The summed E-state index contributed by atoms with van der Waals surface area (Å²) in [5.74, 6) is 0.353. The summed E-state index contributed by atoms with van der Waals surface area (Å²) in [6.45, 7) is 3.80. The topological polar surface area (TPSA) is 91.1 Å². The number of β-amino-alcohol motifs (C(OH)–C–C–N with tert-alkyl or cyclic N) is 1. The highest BCUT2D eigenvalue weighted by Crippen LogP contribution is 2.40. The molecule has 2 aliphatic rings. The molecule has 136 valence electrons. The van der Waals surface area contributed by atoms with Crippen molar-refractivity contribution in [1.82, 2.24) is 9.80 Å². The lowest BCUT2D eigenvalue weighted by atomic mass is 9.72. The van der Waals surface area contributed by atoms with Crippen molar-refractivity contribution in [2.24, 2.45) is 5.41 Å². The number of amides is 2. The molecule has 0 unspecified atom stereocenters. The molecule has 1 N–H and O–H groups in total. The Hall–Kier alpha value is -2.15. The first kappa shape index (κ1) is 17.7. The number of piperidine rings is 2. The van der Waals surface area contributed by atoms with Crippen molar-refractivity contribution in [2.75, 3.05) is 32.8 Å². The zero-order valence-corrected chi connectivity index (χ0v) is 14.5. The minimum absolute atomic E-state index is 0.0211. The van der Waals surface area contributed by atoms with Gasteiger partial charge in [0.25, 0.3) is 5.91 Å². The number of hydrogen-bond acceptors (Lipinski definition) is 5. The van der Waals surface area contributed by atoms with Crippen LogP contribution in [0.1, 0.15) is 42.0 Å². The molecule has 0 saturated carbocycles. The fourth-order valence-electron chi connectivity index (χ4n) is 3.88.